The minimum Gasteiger partial charge on any atom is -0.361 e. The molecule has 3 rings (SSSR count). The molecule has 0 aliphatic carbocycles. The van der Waals surface area contributed by atoms with Crippen molar-refractivity contribution in [1.29, 1.82) is 0 Å². The molecule has 0 bridgehead atoms. The highest BCUT2D eigenvalue weighted by atomic mass is 16.5. The number of rotatable bonds is 3. The van der Waals surface area contributed by atoms with Crippen LogP contribution >= 0.6 is 0 Å². The molecule has 4 nitrogen and oxygen atoms in total. The van der Waals surface area contributed by atoms with Gasteiger partial charge in [-0.25, -0.2) is 0 Å². The van der Waals surface area contributed by atoms with E-state index in [0.717, 1.165) is 28.6 Å². The monoisotopic (exact) mass is 240 g/mol. The molecule has 1 aromatic carbocycles. The van der Waals surface area contributed by atoms with Gasteiger partial charge in [-0.3, -0.25) is 4.79 Å². The summed E-state index contributed by atoms with van der Waals surface area (Å²) in [4.78, 5) is 11.0. The smallest absolute Gasteiger partial charge is 0.150 e. The number of carbonyl (C=O) groups is 1. The molecule has 0 saturated heterocycles. The van der Waals surface area contributed by atoms with Crippen LogP contribution in [0.15, 0.2) is 41.1 Å². The van der Waals surface area contributed by atoms with Crippen LogP contribution in [-0.4, -0.2) is 16.0 Å². The Morgan fingerprint density at radius 2 is 2.28 bits per heavy atom. The number of hydrogen-bond donors (Lipinski definition) is 0. The first-order valence-electron chi connectivity index (χ1n) is 5.73. The number of aromatic nitrogens is 2. The standard InChI is InChI=1S/C14H12N2O2/c1-10-7-12(15-18-10)8-16-6-5-13-11(9-17)3-2-4-14(13)16/h2-7,9H,8H2,1H3. The van der Waals surface area contributed by atoms with Gasteiger partial charge >= 0.3 is 0 Å². The summed E-state index contributed by atoms with van der Waals surface area (Å²) in [6.07, 6.45) is 2.84. The van der Waals surface area contributed by atoms with E-state index in [-0.39, 0.29) is 0 Å². The molecule has 90 valence electrons. The lowest BCUT2D eigenvalue weighted by atomic mass is 10.1. The van der Waals surface area contributed by atoms with Gasteiger partial charge < -0.3 is 9.09 Å². The molecular formula is C14H12N2O2. The summed E-state index contributed by atoms with van der Waals surface area (Å²) < 4.78 is 7.11. The van der Waals surface area contributed by atoms with Gasteiger partial charge in [0.25, 0.3) is 0 Å². The zero-order valence-corrected chi connectivity index (χ0v) is 9.96. The molecule has 2 aromatic heterocycles. The Hall–Kier alpha value is -2.36. The molecule has 0 spiro atoms. The van der Waals surface area contributed by atoms with E-state index in [2.05, 4.69) is 9.72 Å². The second-order valence-corrected chi connectivity index (χ2v) is 4.27. The molecule has 3 aromatic rings. The number of fused-ring (bicyclic) bond motifs is 1. The Bertz CT molecular complexity index is 709. The average Bonchev–Trinajstić information content (AvgIpc) is 2.97. The van der Waals surface area contributed by atoms with Gasteiger partial charge in [0.1, 0.15) is 11.5 Å². The fraction of sp³-hybridized carbons (Fsp3) is 0.143. The van der Waals surface area contributed by atoms with E-state index < -0.39 is 0 Å². The molecular weight excluding hydrogens is 228 g/mol. The molecule has 0 radical (unpaired) electrons. The third-order valence-corrected chi connectivity index (χ3v) is 2.98. The maximum absolute atomic E-state index is 11.0. The number of benzene rings is 1. The van der Waals surface area contributed by atoms with Crippen LogP contribution in [0.4, 0.5) is 0 Å². The third-order valence-electron chi connectivity index (χ3n) is 2.98. The fourth-order valence-electron chi connectivity index (χ4n) is 2.15. The first kappa shape index (κ1) is 10.8. The zero-order valence-electron chi connectivity index (χ0n) is 9.96. The molecule has 2 heterocycles. The van der Waals surface area contributed by atoms with Gasteiger partial charge in [-0.2, -0.15) is 0 Å². The molecule has 0 aliphatic rings. The van der Waals surface area contributed by atoms with Crippen LogP contribution in [0.1, 0.15) is 21.8 Å². The van der Waals surface area contributed by atoms with Crippen LogP contribution in [0.2, 0.25) is 0 Å². The highest BCUT2D eigenvalue weighted by molar-refractivity contribution is 5.97. The van der Waals surface area contributed by atoms with Gasteiger partial charge in [0.2, 0.25) is 0 Å². The summed E-state index contributed by atoms with van der Waals surface area (Å²) in [5.41, 5.74) is 2.62. The summed E-state index contributed by atoms with van der Waals surface area (Å²) in [6, 6.07) is 9.56. The zero-order chi connectivity index (χ0) is 12.5. The quantitative estimate of drug-likeness (QED) is 0.661. The highest BCUT2D eigenvalue weighted by Crippen LogP contribution is 2.20. The van der Waals surface area contributed by atoms with E-state index in [0.29, 0.717) is 12.1 Å². The summed E-state index contributed by atoms with van der Waals surface area (Å²) in [5, 5.41) is 4.94. The molecule has 0 saturated carbocycles. The minimum atomic E-state index is 0.642. The van der Waals surface area contributed by atoms with E-state index in [9.17, 15) is 4.79 Å². The van der Waals surface area contributed by atoms with Crippen LogP contribution < -0.4 is 0 Å². The van der Waals surface area contributed by atoms with E-state index >= 15 is 0 Å². The summed E-state index contributed by atoms with van der Waals surface area (Å²) in [5.74, 6) is 0.801. The van der Waals surface area contributed by atoms with Gasteiger partial charge in [0, 0.05) is 28.7 Å². The maximum atomic E-state index is 11.0. The van der Waals surface area contributed by atoms with Gasteiger partial charge in [0.15, 0.2) is 6.29 Å². The Labute approximate surface area is 104 Å². The van der Waals surface area contributed by atoms with Crippen molar-refractivity contribution in [3.05, 3.63) is 53.5 Å². The number of hydrogen-bond acceptors (Lipinski definition) is 3. The number of aryl methyl sites for hydroxylation is 1. The van der Waals surface area contributed by atoms with Crippen LogP contribution in [0.5, 0.6) is 0 Å². The van der Waals surface area contributed by atoms with Crippen molar-refractivity contribution >= 4 is 17.2 Å². The predicted molar refractivity (Wildman–Crippen MR) is 67.7 cm³/mol. The summed E-state index contributed by atoms with van der Waals surface area (Å²) in [6.45, 7) is 2.51. The van der Waals surface area contributed by atoms with E-state index in [4.69, 9.17) is 4.52 Å². The largest absolute Gasteiger partial charge is 0.361 e. The second-order valence-electron chi connectivity index (χ2n) is 4.27. The Morgan fingerprint density at radius 3 is 3.00 bits per heavy atom. The molecule has 18 heavy (non-hydrogen) atoms. The molecule has 0 fully saturated rings. The lowest BCUT2D eigenvalue weighted by molar-refractivity contribution is 0.112. The van der Waals surface area contributed by atoms with Crippen LogP contribution in [0, 0.1) is 6.92 Å². The van der Waals surface area contributed by atoms with Crippen molar-refractivity contribution in [2.75, 3.05) is 0 Å². The fourth-order valence-corrected chi connectivity index (χ4v) is 2.15. The Kier molecular flexibility index (Phi) is 2.48. The van der Waals surface area contributed by atoms with Crippen LogP contribution in [0.25, 0.3) is 10.9 Å². The average molecular weight is 240 g/mol. The number of aldehydes is 1. The third kappa shape index (κ3) is 1.72. The summed E-state index contributed by atoms with van der Waals surface area (Å²) >= 11 is 0. The molecule has 0 unspecified atom stereocenters. The van der Waals surface area contributed by atoms with Gasteiger partial charge in [-0.1, -0.05) is 17.3 Å². The number of carbonyl (C=O) groups excluding carboxylic acids is 1. The summed E-state index contributed by atoms with van der Waals surface area (Å²) in [7, 11) is 0. The molecule has 0 amide bonds. The normalized spacial score (nSPS) is 10.9. The van der Waals surface area contributed by atoms with E-state index in [1.165, 1.54) is 0 Å². The van der Waals surface area contributed by atoms with Crippen molar-refractivity contribution in [2.24, 2.45) is 0 Å². The topological polar surface area (TPSA) is 48.0 Å². The number of nitrogens with zero attached hydrogens (tertiary/aromatic N) is 2. The second kappa shape index (κ2) is 4.14. The van der Waals surface area contributed by atoms with Gasteiger partial charge in [-0.05, 0) is 19.1 Å². The van der Waals surface area contributed by atoms with Crippen molar-refractivity contribution in [1.82, 2.24) is 9.72 Å². The minimum absolute atomic E-state index is 0.642. The van der Waals surface area contributed by atoms with Crippen molar-refractivity contribution < 1.29 is 9.32 Å². The lowest BCUT2D eigenvalue weighted by Crippen LogP contribution is -1.98. The van der Waals surface area contributed by atoms with Crippen molar-refractivity contribution in [3.63, 3.8) is 0 Å². The van der Waals surface area contributed by atoms with E-state index in [1.807, 2.05) is 43.5 Å². The molecule has 0 N–H and O–H groups in total. The van der Waals surface area contributed by atoms with Crippen LogP contribution in [0.3, 0.4) is 0 Å². The maximum Gasteiger partial charge on any atom is 0.150 e. The van der Waals surface area contributed by atoms with Gasteiger partial charge in [-0.15, -0.1) is 0 Å². The van der Waals surface area contributed by atoms with E-state index in [1.54, 1.807) is 0 Å². The lowest BCUT2D eigenvalue weighted by Gasteiger charge is -2.02. The highest BCUT2D eigenvalue weighted by Gasteiger charge is 2.07. The first-order chi connectivity index (χ1) is 8.78. The van der Waals surface area contributed by atoms with Crippen molar-refractivity contribution in [2.45, 2.75) is 13.5 Å². The Morgan fingerprint density at radius 1 is 1.39 bits per heavy atom. The molecule has 4 heteroatoms. The SMILES string of the molecule is Cc1cc(Cn2ccc3c(C=O)cccc32)no1. The molecule has 0 aliphatic heterocycles. The van der Waals surface area contributed by atoms with Crippen molar-refractivity contribution in [3.8, 4) is 0 Å². The predicted octanol–water partition coefficient (Wildman–Crippen LogP) is 2.80. The first-order valence-corrected chi connectivity index (χ1v) is 5.73. The van der Waals surface area contributed by atoms with Crippen LogP contribution in [-0.2, 0) is 6.54 Å². The van der Waals surface area contributed by atoms with Gasteiger partial charge in [0.05, 0.1) is 6.54 Å². The Balaban J connectivity index is 2.05. The molecule has 0 atom stereocenters.